The monoisotopic (exact) mass is 286 g/mol. The predicted molar refractivity (Wildman–Crippen MR) is 62.2 cm³/mol. The summed E-state index contributed by atoms with van der Waals surface area (Å²) in [7, 11) is -4.64. The molecule has 0 bridgehead atoms. The zero-order chi connectivity index (χ0) is 14.8. The van der Waals surface area contributed by atoms with Gasteiger partial charge in [-0.25, -0.2) is 4.57 Å². The summed E-state index contributed by atoms with van der Waals surface area (Å²) in [4.78, 5) is 43.4. The first-order valence-corrected chi connectivity index (χ1v) is 6.57. The summed E-state index contributed by atoms with van der Waals surface area (Å²) >= 11 is 0. The Morgan fingerprint density at radius 2 is 1.78 bits per heavy atom. The van der Waals surface area contributed by atoms with E-state index < -0.39 is 13.9 Å². The number of aliphatic hydroxyl groups excluding tert-OH is 1. The van der Waals surface area contributed by atoms with Gasteiger partial charge < -0.3 is 30.8 Å². The van der Waals surface area contributed by atoms with Crippen molar-refractivity contribution in [2.45, 2.75) is 25.8 Å². The van der Waals surface area contributed by atoms with Gasteiger partial charge in [-0.2, -0.15) is 0 Å². The van der Waals surface area contributed by atoms with E-state index in [0.29, 0.717) is 19.4 Å². The highest BCUT2D eigenvalue weighted by molar-refractivity contribution is 7.45. The Morgan fingerprint density at radius 3 is 2.06 bits per heavy atom. The number of nitrogens with one attached hydrogen (secondary N) is 1. The minimum absolute atomic E-state index is 0.178. The quantitative estimate of drug-likeness (QED) is 0.300. The first-order chi connectivity index (χ1) is 8.11. The molecule has 0 spiro atoms. The Morgan fingerprint density at radius 1 is 1.33 bits per heavy atom. The maximum Gasteiger partial charge on any atom is 0.466 e. The molecule has 18 heavy (non-hydrogen) atoms. The third kappa shape index (κ3) is 17.6. The van der Waals surface area contributed by atoms with Gasteiger partial charge in [-0.15, -0.1) is 0 Å². The third-order valence-corrected chi connectivity index (χ3v) is 1.58. The van der Waals surface area contributed by atoms with Crippen LogP contribution in [0.25, 0.3) is 0 Å². The van der Waals surface area contributed by atoms with Gasteiger partial charge in [0.25, 0.3) is 0 Å². The van der Waals surface area contributed by atoms with E-state index in [1.165, 1.54) is 6.92 Å². The van der Waals surface area contributed by atoms with Gasteiger partial charge in [-0.1, -0.05) is 0 Å². The number of Topliss-reactive ketones (excluding diaryl/α,β-unsaturated/α-hetero) is 1. The van der Waals surface area contributed by atoms with E-state index in [9.17, 15) is 9.59 Å². The zero-order valence-corrected chi connectivity index (χ0v) is 10.8. The van der Waals surface area contributed by atoms with Crippen LogP contribution in [0.3, 0.4) is 0 Å². The van der Waals surface area contributed by atoms with Crippen LogP contribution in [-0.4, -0.2) is 50.7 Å². The van der Waals surface area contributed by atoms with Gasteiger partial charge in [0.05, 0.1) is 6.61 Å². The molecule has 9 nitrogen and oxygen atoms in total. The van der Waals surface area contributed by atoms with Crippen LogP contribution in [0.5, 0.6) is 0 Å². The molecule has 0 heterocycles. The summed E-state index contributed by atoms with van der Waals surface area (Å²) in [6.07, 6.45) is 0.872. The maximum absolute atomic E-state index is 11.2. The van der Waals surface area contributed by atoms with Gasteiger partial charge >= 0.3 is 7.82 Å². The number of amides is 1. The van der Waals surface area contributed by atoms with E-state index >= 15 is 0 Å². The Kier molecular flexibility index (Phi) is 11.0. The lowest BCUT2D eigenvalue weighted by Crippen LogP contribution is -2.42. The molecule has 0 aliphatic rings. The molecule has 1 unspecified atom stereocenters. The van der Waals surface area contributed by atoms with Crippen molar-refractivity contribution in [2.75, 3.05) is 13.2 Å². The second kappa shape index (κ2) is 10.1. The fraction of sp³-hybridized carbons (Fsp3) is 0.750. The average molecular weight is 286 g/mol. The Balaban J connectivity index is 0. The van der Waals surface area contributed by atoms with Gasteiger partial charge in [0.2, 0.25) is 5.91 Å². The largest absolute Gasteiger partial charge is 0.466 e. The Bertz CT molecular complexity index is 296. The highest BCUT2D eigenvalue weighted by Crippen LogP contribution is 2.25. The molecule has 0 aliphatic carbocycles. The molecule has 7 N–H and O–H groups in total. The highest BCUT2D eigenvalue weighted by Gasteiger charge is 2.16. The van der Waals surface area contributed by atoms with Crippen molar-refractivity contribution in [3.8, 4) is 0 Å². The SMILES string of the molecule is CC(=O)NC(CO)C(=O)CCCN.O=P(O)(O)O. The second-order valence-electron chi connectivity index (χ2n) is 3.31. The second-order valence-corrected chi connectivity index (χ2v) is 4.33. The maximum atomic E-state index is 11.2. The van der Waals surface area contributed by atoms with E-state index in [1.807, 2.05) is 0 Å². The molecule has 0 radical (unpaired) electrons. The number of ketones is 1. The minimum atomic E-state index is -4.64. The van der Waals surface area contributed by atoms with Crippen molar-refractivity contribution in [1.29, 1.82) is 0 Å². The van der Waals surface area contributed by atoms with Crippen molar-refractivity contribution in [1.82, 2.24) is 5.32 Å². The van der Waals surface area contributed by atoms with E-state index in [0.717, 1.165) is 0 Å². The number of hydrogen-bond donors (Lipinski definition) is 6. The predicted octanol–water partition coefficient (Wildman–Crippen LogP) is -2.14. The van der Waals surface area contributed by atoms with Crippen LogP contribution < -0.4 is 11.1 Å². The average Bonchev–Trinajstić information content (AvgIpc) is 2.19. The molecule has 0 saturated carbocycles. The van der Waals surface area contributed by atoms with Crippen molar-refractivity contribution in [3.63, 3.8) is 0 Å². The summed E-state index contributed by atoms with van der Waals surface area (Å²) < 4.78 is 8.88. The normalized spacial score (nSPS) is 12.1. The van der Waals surface area contributed by atoms with Gasteiger partial charge in [-0.3, -0.25) is 9.59 Å². The lowest BCUT2D eigenvalue weighted by Gasteiger charge is -2.13. The molecule has 0 aromatic rings. The minimum Gasteiger partial charge on any atom is -0.394 e. The molecule has 1 atom stereocenters. The third-order valence-electron chi connectivity index (χ3n) is 1.58. The molecular weight excluding hydrogens is 267 g/mol. The van der Waals surface area contributed by atoms with Crippen molar-refractivity contribution in [2.24, 2.45) is 5.73 Å². The molecule has 0 fully saturated rings. The lowest BCUT2D eigenvalue weighted by molar-refractivity contribution is -0.127. The topological polar surface area (TPSA) is 170 Å². The molecule has 0 rings (SSSR count). The van der Waals surface area contributed by atoms with Gasteiger partial charge in [0, 0.05) is 13.3 Å². The number of rotatable bonds is 6. The van der Waals surface area contributed by atoms with Crippen LogP contribution in [0.1, 0.15) is 19.8 Å². The number of aliphatic hydroxyl groups is 1. The molecule has 0 aliphatic heterocycles. The highest BCUT2D eigenvalue weighted by atomic mass is 31.2. The summed E-state index contributed by atoms with van der Waals surface area (Å²) in [6, 6.07) is -0.774. The number of hydrogen-bond acceptors (Lipinski definition) is 5. The molecule has 0 aromatic carbocycles. The summed E-state index contributed by atoms with van der Waals surface area (Å²) in [5.41, 5.74) is 5.22. The van der Waals surface area contributed by atoms with Crippen molar-refractivity contribution < 1.29 is 33.9 Å². The Labute approximate surface area is 104 Å². The van der Waals surface area contributed by atoms with E-state index in [2.05, 4.69) is 5.32 Å². The molecule has 0 saturated heterocycles. The van der Waals surface area contributed by atoms with Crippen LogP contribution in [-0.2, 0) is 14.2 Å². The Hall–Kier alpha value is -0.830. The van der Waals surface area contributed by atoms with E-state index in [-0.39, 0.29) is 18.3 Å². The molecular formula is C8H19N2O7P. The van der Waals surface area contributed by atoms with Gasteiger partial charge in [-0.05, 0) is 13.0 Å². The van der Waals surface area contributed by atoms with Crippen molar-refractivity contribution in [3.05, 3.63) is 0 Å². The van der Waals surface area contributed by atoms with Crippen LogP contribution >= 0.6 is 7.82 Å². The zero-order valence-electron chi connectivity index (χ0n) is 9.94. The number of phosphoric acid groups is 1. The van der Waals surface area contributed by atoms with Crippen LogP contribution in [0.4, 0.5) is 0 Å². The first-order valence-electron chi connectivity index (χ1n) is 5.00. The fourth-order valence-corrected chi connectivity index (χ4v) is 0.924. The fourth-order valence-electron chi connectivity index (χ4n) is 0.924. The molecule has 108 valence electrons. The van der Waals surface area contributed by atoms with E-state index in [1.54, 1.807) is 0 Å². The molecule has 0 aromatic heterocycles. The summed E-state index contributed by atoms with van der Waals surface area (Å²) in [6.45, 7) is 1.38. The number of nitrogens with two attached hydrogens (primary N) is 1. The van der Waals surface area contributed by atoms with Crippen LogP contribution in [0, 0.1) is 0 Å². The number of carbonyl (C=O) groups excluding carboxylic acids is 2. The van der Waals surface area contributed by atoms with E-state index in [4.69, 9.17) is 30.1 Å². The number of carbonyl (C=O) groups is 2. The van der Waals surface area contributed by atoms with Gasteiger partial charge in [0.1, 0.15) is 6.04 Å². The smallest absolute Gasteiger partial charge is 0.394 e. The molecule has 10 heteroatoms. The van der Waals surface area contributed by atoms with Crippen molar-refractivity contribution >= 4 is 19.5 Å². The first kappa shape index (κ1) is 19.5. The standard InChI is InChI=1S/C8H16N2O3.H3O4P/c1-6(12)10-7(5-11)8(13)3-2-4-9;1-5(2,3)4/h7,11H,2-5,9H2,1H3,(H,10,12);(H3,1,2,3,4). The van der Waals surface area contributed by atoms with Gasteiger partial charge in [0.15, 0.2) is 5.78 Å². The lowest BCUT2D eigenvalue weighted by atomic mass is 10.1. The summed E-state index contributed by atoms with van der Waals surface area (Å²) in [5, 5.41) is 11.1. The molecule has 1 amide bonds. The van der Waals surface area contributed by atoms with Crippen LogP contribution in [0.15, 0.2) is 0 Å². The summed E-state index contributed by atoms with van der Waals surface area (Å²) in [5.74, 6) is -0.497. The van der Waals surface area contributed by atoms with Crippen LogP contribution in [0.2, 0.25) is 0 Å².